The van der Waals surface area contributed by atoms with Gasteiger partial charge in [0.25, 0.3) is 5.91 Å². The first-order chi connectivity index (χ1) is 10.5. The number of ether oxygens (including phenoxy) is 1. The fourth-order valence-corrected chi connectivity index (χ4v) is 3.86. The molecular weight excluding hydrogens is 324 g/mol. The highest BCUT2D eigenvalue weighted by Crippen LogP contribution is 2.28. The third-order valence-electron chi connectivity index (χ3n) is 4.12. The fraction of sp³-hybridized carbons (Fsp3) is 0.632. The summed E-state index contributed by atoms with van der Waals surface area (Å²) in [5.74, 6) is 0.700. The lowest BCUT2D eigenvalue weighted by atomic mass is 9.79. The minimum Gasteiger partial charge on any atom is -0.484 e. The topological polar surface area (TPSA) is 50.4 Å². The van der Waals surface area contributed by atoms with E-state index in [-0.39, 0.29) is 42.0 Å². The zero-order valence-electron chi connectivity index (χ0n) is 15.7. The Morgan fingerprint density at radius 1 is 1.12 bits per heavy atom. The summed E-state index contributed by atoms with van der Waals surface area (Å²) in [6.45, 7) is 12.8. The second-order valence-corrected chi connectivity index (χ2v) is 8.18. The van der Waals surface area contributed by atoms with Crippen molar-refractivity contribution < 1.29 is 9.53 Å². The lowest BCUT2D eigenvalue weighted by molar-refractivity contribution is -0.124. The summed E-state index contributed by atoms with van der Waals surface area (Å²) in [6.07, 6.45) is 1.84. The molecule has 1 aliphatic rings. The van der Waals surface area contributed by atoms with Gasteiger partial charge in [0.05, 0.1) is 0 Å². The van der Waals surface area contributed by atoms with Gasteiger partial charge in [0.2, 0.25) is 0 Å². The maximum atomic E-state index is 12.2. The van der Waals surface area contributed by atoms with E-state index in [0.717, 1.165) is 29.7 Å². The first kappa shape index (κ1) is 20.8. The van der Waals surface area contributed by atoms with Crippen LogP contribution in [0.15, 0.2) is 18.2 Å². The number of benzene rings is 1. The Kier molecular flexibility index (Phi) is 6.71. The lowest BCUT2D eigenvalue weighted by Crippen LogP contribution is -2.62. The molecule has 2 rings (SSSR count). The van der Waals surface area contributed by atoms with Crippen LogP contribution in [0.3, 0.4) is 0 Å². The van der Waals surface area contributed by atoms with Gasteiger partial charge in [-0.3, -0.25) is 4.79 Å². The number of hydrogen-bond donors (Lipinski definition) is 2. The van der Waals surface area contributed by atoms with E-state index >= 15 is 0 Å². The number of halogens is 1. The maximum Gasteiger partial charge on any atom is 0.258 e. The molecule has 0 spiro atoms. The molecule has 0 bridgehead atoms. The monoisotopic (exact) mass is 354 g/mol. The molecule has 1 heterocycles. The summed E-state index contributed by atoms with van der Waals surface area (Å²) in [4.78, 5) is 12.2. The summed E-state index contributed by atoms with van der Waals surface area (Å²) < 4.78 is 5.65. The normalized spacial score (nSPS) is 19.2. The van der Waals surface area contributed by atoms with Crippen LogP contribution < -0.4 is 15.4 Å². The van der Waals surface area contributed by atoms with E-state index in [9.17, 15) is 4.79 Å². The number of carbonyl (C=O) groups excluding carboxylic acids is 1. The number of nitrogens with one attached hydrogen (secondary N) is 2. The van der Waals surface area contributed by atoms with Crippen molar-refractivity contribution in [2.24, 2.45) is 0 Å². The summed E-state index contributed by atoms with van der Waals surface area (Å²) in [6, 6.07) is 6.18. The Balaban J connectivity index is 0.00000288. The van der Waals surface area contributed by atoms with Gasteiger partial charge in [-0.15, -0.1) is 12.4 Å². The molecular formula is C19H31ClN2O2. The second kappa shape index (κ2) is 7.75. The summed E-state index contributed by atoms with van der Waals surface area (Å²) in [5, 5.41) is 6.75. The molecule has 0 aliphatic carbocycles. The van der Waals surface area contributed by atoms with Crippen molar-refractivity contribution in [3.63, 3.8) is 0 Å². The van der Waals surface area contributed by atoms with E-state index in [2.05, 4.69) is 44.4 Å². The van der Waals surface area contributed by atoms with Crippen LogP contribution in [0.25, 0.3) is 0 Å². The number of rotatable bonds is 4. The van der Waals surface area contributed by atoms with Gasteiger partial charge in [0.1, 0.15) is 5.75 Å². The number of carbonyl (C=O) groups is 1. The van der Waals surface area contributed by atoms with Crippen LogP contribution in [0, 0.1) is 13.8 Å². The molecule has 1 fully saturated rings. The van der Waals surface area contributed by atoms with Crippen molar-refractivity contribution in [1.29, 1.82) is 0 Å². The van der Waals surface area contributed by atoms with Crippen LogP contribution in [-0.4, -0.2) is 29.6 Å². The van der Waals surface area contributed by atoms with Crippen LogP contribution in [0.2, 0.25) is 0 Å². The largest absolute Gasteiger partial charge is 0.484 e. The Labute approximate surface area is 152 Å². The molecule has 136 valence electrons. The molecule has 1 aromatic rings. The fourth-order valence-electron chi connectivity index (χ4n) is 3.86. The predicted molar refractivity (Wildman–Crippen MR) is 101 cm³/mol. The highest BCUT2D eigenvalue weighted by molar-refractivity contribution is 5.85. The third-order valence-corrected chi connectivity index (χ3v) is 4.12. The van der Waals surface area contributed by atoms with Crippen molar-refractivity contribution in [3.8, 4) is 5.75 Å². The molecule has 0 radical (unpaired) electrons. The Morgan fingerprint density at radius 3 is 2.12 bits per heavy atom. The van der Waals surface area contributed by atoms with Crippen LogP contribution in [0.5, 0.6) is 5.75 Å². The molecule has 0 unspecified atom stereocenters. The van der Waals surface area contributed by atoms with Gasteiger partial charge in [-0.2, -0.15) is 0 Å². The first-order valence-corrected chi connectivity index (χ1v) is 8.34. The van der Waals surface area contributed by atoms with Crippen molar-refractivity contribution in [2.45, 2.75) is 71.5 Å². The van der Waals surface area contributed by atoms with Crippen molar-refractivity contribution >= 4 is 18.3 Å². The van der Waals surface area contributed by atoms with Gasteiger partial charge >= 0.3 is 0 Å². The van der Waals surface area contributed by atoms with Crippen LogP contribution in [0.1, 0.15) is 51.7 Å². The summed E-state index contributed by atoms with van der Waals surface area (Å²) in [5.41, 5.74) is 2.33. The predicted octanol–water partition coefficient (Wildman–Crippen LogP) is 3.53. The minimum atomic E-state index is -0.0531. The van der Waals surface area contributed by atoms with Gasteiger partial charge in [-0.1, -0.05) is 6.07 Å². The summed E-state index contributed by atoms with van der Waals surface area (Å²) in [7, 11) is 0. The SMILES string of the molecule is Cc1cc(C)cc(OCC(=O)NC2CC(C)(C)NC(C)(C)C2)c1.Cl. The number of amides is 1. The van der Waals surface area contributed by atoms with Crippen LogP contribution >= 0.6 is 12.4 Å². The molecule has 0 saturated carbocycles. The van der Waals surface area contributed by atoms with E-state index in [1.54, 1.807) is 0 Å². The quantitative estimate of drug-likeness (QED) is 0.869. The van der Waals surface area contributed by atoms with Gasteiger partial charge in [-0.05, 0) is 77.6 Å². The molecule has 24 heavy (non-hydrogen) atoms. The molecule has 1 amide bonds. The van der Waals surface area contributed by atoms with E-state index < -0.39 is 0 Å². The van der Waals surface area contributed by atoms with Crippen LogP contribution in [0.4, 0.5) is 0 Å². The van der Waals surface area contributed by atoms with Crippen LogP contribution in [-0.2, 0) is 4.79 Å². The van der Waals surface area contributed by atoms with Gasteiger partial charge in [-0.25, -0.2) is 0 Å². The summed E-state index contributed by atoms with van der Waals surface area (Å²) >= 11 is 0. The lowest BCUT2D eigenvalue weighted by Gasteiger charge is -2.46. The van der Waals surface area contributed by atoms with Crippen molar-refractivity contribution in [3.05, 3.63) is 29.3 Å². The molecule has 4 nitrogen and oxygen atoms in total. The molecule has 1 saturated heterocycles. The average Bonchev–Trinajstić information content (AvgIpc) is 2.31. The zero-order chi connectivity index (χ0) is 17.3. The van der Waals surface area contributed by atoms with Gasteiger partial charge in [0, 0.05) is 17.1 Å². The zero-order valence-corrected chi connectivity index (χ0v) is 16.5. The third kappa shape index (κ3) is 6.33. The Hall–Kier alpha value is -1.26. The molecule has 2 N–H and O–H groups in total. The average molecular weight is 355 g/mol. The van der Waals surface area contributed by atoms with E-state index in [0.29, 0.717) is 0 Å². The first-order valence-electron chi connectivity index (χ1n) is 8.34. The molecule has 5 heteroatoms. The Morgan fingerprint density at radius 2 is 1.62 bits per heavy atom. The van der Waals surface area contributed by atoms with E-state index in [1.807, 2.05) is 26.0 Å². The highest BCUT2D eigenvalue weighted by atomic mass is 35.5. The van der Waals surface area contributed by atoms with E-state index in [4.69, 9.17) is 4.74 Å². The van der Waals surface area contributed by atoms with Gasteiger partial charge in [0.15, 0.2) is 6.61 Å². The molecule has 1 aliphatic heterocycles. The molecule has 0 aromatic heterocycles. The smallest absolute Gasteiger partial charge is 0.258 e. The highest BCUT2D eigenvalue weighted by Gasteiger charge is 2.38. The van der Waals surface area contributed by atoms with Gasteiger partial charge < -0.3 is 15.4 Å². The van der Waals surface area contributed by atoms with E-state index in [1.165, 1.54) is 0 Å². The number of hydrogen-bond acceptors (Lipinski definition) is 3. The maximum absolute atomic E-state index is 12.2. The molecule has 0 atom stereocenters. The molecule has 1 aromatic carbocycles. The Bertz CT molecular complexity index is 548. The number of piperidine rings is 1. The second-order valence-electron chi connectivity index (χ2n) is 8.18. The standard InChI is InChI=1S/C19H30N2O2.ClH/c1-13-7-14(2)9-16(8-13)23-12-17(22)20-15-10-18(3,4)21-19(5,6)11-15;/h7-9,15,21H,10-12H2,1-6H3,(H,20,22);1H. The minimum absolute atomic E-state index is 0. The van der Waals surface area contributed by atoms with Crippen molar-refractivity contribution in [2.75, 3.05) is 6.61 Å². The number of aryl methyl sites for hydroxylation is 2. The van der Waals surface area contributed by atoms with Crippen molar-refractivity contribution in [1.82, 2.24) is 10.6 Å².